The summed E-state index contributed by atoms with van der Waals surface area (Å²) < 4.78 is 1.93. The van der Waals surface area contributed by atoms with Gasteiger partial charge >= 0.3 is 0 Å². The third-order valence-corrected chi connectivity index (χ3v) is 3.57. The minimum absolute atomic E-state index is 0.216. The minimum Gasteiger partial charge on any atom is -0.411 e. The first-order chi connectivity index (χ1) is 6.90. The van der Waals surface area contributed by atoms with Crippen LogP contribution >= 0.6 is 0 Å². The highest BCUT2D eigenvalue weighted by atomic mass is 16.4. The summed E-state index contributed by atoms with van der Waals surface area (Å²) in [5.74, 6) is 1.13. The van der Waals surface area contributed by atoms with Crippen LogP contribution in [-0.2, 0) is 0 Å². The maximum absolute atomic E-state index is 9.00. The molecule has 1 aromatic rings. The van der Waals surface area contributed by atoms with Gasteiger partial charge in [0, 0.05) is 18.3 Å². The van der Waals surface area contributed by atoms with Crippen LogP contribution in [-0.4, -0.2) is 20.7 Å². The van der Waals surface area contributed by atoms with Gasteiger partial charge in [-0.3, -0.25) is 4.68 Å². The monoisotopic (exact) mass is 191 g/mol. The number of rotatable bonds is 1. The Hall–Kier alpha value is -1.32. The fraction of sp³-hybridized carbons (Fsp3) is 0.600. The highest BCUT2D eigenvalue weighted by Crippen LogP contribution is 2.48. The van der Waals surface area contributed by atoms with Crippen LogP contribution in [0.1, 0.15) is 25.3 Å². The second-order valence-corrected chi connectivity index (χ2v) is 4.23. The Bertz CT molecular complexity index is 357. The number of aromatic nitrogens is 2. The van der Waals surface area contributed by atoms with Crippen LogP contribution in [0.5, 0.6) is 0 Å². The molecule has 3 atom stereocenters. The molecule has 0 aliphatic heterocycles. The molecule has 0 aromatic carbocycles. The third-order valence-electron chi connectivity index (χ3n) is 3.57. The molecule has 3 unspecified atom stereocenters. The molecule has 0 spiro atoms. The lowest BCUT2D eigenvalue weighted by Crippen LogP contribution is -2.26. The quantitative estimate of drug-likeness (QED) is 0.542. The predicted molar refractivity (Wildman–Crippen MR) is 51.3 cm³/mol. The molecule has 0 saturated heterocycles. The zero-order valence-electron chi connectivity index (χ0n) is 7.87. The van der Waals surface area contributed by atoms with Crippen molar-refractivity contribution in [3.63, 3.8) is 0 Å². The van der Waals surface area contributed by atoms with Crippen molar-refractivity contribution in [1.82, 2.24) is 9.78 Å². The molecule has 14 heavy (non-hydrogen) atoms. The van der Waals surface area contributed by atoms with E-state index in [1.54, 1.807) is 6.20 Å². The lowest BCUT2D eigenvalue weighted by atomic mass is 9.93. The average molecular weight is 191 g/mol. The van der Waals surface area contributed by atoms with Crippen LogP contribution in [0.3, 0.4) is 0 Å². The molecule has 0 radical (unpaired) electrons. The van der Waals surface area contributed by atoms with Gasteiger partial charge in [-0.05, 0) is 31.2 Å². The predicted octanol–water partition coefficient (Wildman–Crippen LogP) is 1.68. The van der Waals surface area contributed by atoms with Crippen molar-refractivity contribution in [1.29, 1.82) is 0 Å². The normalized spacial score (nSPS) is 38.3. The summed E-state index contributed by atoms with van der Waals surface area (Å²) in [5, 5.41) is 16.7. The molecular weight excluding hydrogens is 178 g/mol. The zero-order valence-corrected chi connectivity index (χ0v) is 7.87. The van der Waals surface area contributed by atoms with E-state index in [-0.39, 0.29) is 6.04 Å². The van der Waals surface area contributed by atoms with E-state index in [1.165, 1.54) is 19.3 Å². The summed E-state index contributed by atoms with van der Waals surface area (Å²) in [5.41, 5.74) is 0.935. The van der Waals surface area contributed by atoms with Crippen molar-refractivity contribution in [3.05, 3.63) is 18.5 Å². The molecule has 2 aliphatic carbocycles. The Morgan fingerprint density at radius 3 is 3.14 bits per heavy atom. The number of oxime groups is 1. The van der Waals surface area contributed by atoms with Crippen LogP contribution in [0.4, 0.5) is 0 Å². The summed E-state index contributed by atoms with van der Waals surface area (Å²) >= 11 is 0. The highest BCUT2D eigenvalue weighted by Gasteiger charge is 2.46. The Labute approximate surface area is 82.2 Å². The number of hydrogen-bond acceptors (Lipinski definition) is 3. The molecule has 1 aromatic heterocycles. The lowest BCUT2D eigenvalue weighted by molar-refractivity contribution is 0.305. The van der Waals surface area contributed by atoms with Gasteiger partial charge in [-0.25, -0.2) is 0 Å². The zero-order chi connectivity index (χ0) is 9.54. The molecule has 4 nitrogen and oxygen atoms in total. The van der Waals surface area contributed by atoms with Crippen molar-refractivity contribution in [2.45, 2.75) is 25.3 Å². The van der Waals surface area contributed by atoms with Crippen molar-refractivity contribution in [2.75, 3.05) is 0 Å². The van der Waals surface area contributed by atoms with Gasteiger partial charge in [0.05, 0.1) is 11.8 Å². The van der Waals surface area contributed by atoms with E-state index in [0.717, 1.165) is 5.71 Å². The lowest BCUT2D eigenvalue weighted by Gasteiger charge is -2.22. The molecule has 2 fully saturated rings. The summed E-state index contributed by atoms with van der Waals surface area (Å²) in [7, 11) is 0. The number of hydrogen-bond donors (Lipinski definition) is 1. The van der Waals surface area contributed by atoms with Gasteiger partial charge in [0.15, 0.2) is 0 Å². The van der Waals surface area contributed by atoms with Gasteiger partial charge < -0.3 is 5.21 Å². The summed E-state index contributed by atoms with van der Waals surface area (Å²) in [6.45, 7) is 0. The first kappa shape index (κ1) is 8.03. The summed E-state index contributed by atoms with van der Waals surface area (Å²) in [4.78, 5) is 0. The van der Waals surface area contributed by atoms with Gasteiger partial charge in [0.2, 0.25) is 0 Å². The molecule has 2 bridgehead atoms. The smallest absolute Gasteiger partial charge is 0.0964 e. The van der Waals surface area contributed by atoms with Crippen LogP contribution in [0.2, 0.25) is 0 Å². The molecule has 1 heterocycles. The van der Waals surface area contributed by atoms with Gasteiger partial charge in [-0.1, -0.05) is 5.16 Å². The van der Waals surface area contributed by atoms with E-state index in [4.69, 9.17) is 5.21 Å². The Morgan fingerprint density at radius 2 is 2.43 bits per heavy atom. The number of fused-ring (bicyclic) bond motifs is 2. The molecule has 3 rings (SSSR count). The molecular formula is C10H13N3O. The Morgan fingerprint density at radius 1 is 1.50 bits per heavy atom. The molecule has 74 valence electrons. The Balaban J connectivity index is 2.00. The van der Waals surface area contributed by atoms with Gasteiger partial charge in [-0.15, -0.1) is 0 Å². The standard InChI is InChI=1S/C10H13N3O/c14-12-9-7-2-3-8(6-7)10(9)13-5-1-4-11-13/h1,4-5,7-8,10,14H,2-3,6H2. The van der Waals surface area contributed by atoms with Crippen molar-refractivity contribution in [3.8, 4) is 0 Å². The third kappa shape index (κ3) is 0.937. The van der Waals surface area contributed by atoms with Crippen LogP contribution in [0.15, 0.2) is 23.6 Å². The molecule has 2 aliphatic rings. The first-order valence-corrected chi connectivity index (χ1v) is 5.11. The van der Waals surface area contributed by atoms with E-state index >= 15 is 0 Å². The second-order valence-electron chi connectivity index (χ2n) is 4.23. The molecule has 0 amide bonds. The van der Waals surface area contributed by atoms with E-state index in [2.05, 4.69) is 10.3 Å². The fourth-order valence-corrected chi connectivity index (χ4v) is 2.99. The van der Waals surface area contributed by atoms with Crippen molar-refractivity contribution < 1.29 is 5.21 Å². The van der Waals surface area contributed by atoms with Gasteiger partial charge in [0.1, 0.15) is 0 Å². The molecule has 4 heteroatoms. The molecule has 1 N–H and O–H groups in total. The van der Waals surface area contributed by atoms with E-state index in [9.17, 15) is 0 Å². The Kier molecular flexibility index (Phi) is 1.63. The maximum Gasteiger partial charge on any atom is 0.0964 e. The molecule has 2 saturated carbocycles. The van der Waals surface area contributed by atoms with Crippen LogP contribution in [0, 0.1) is 11.8 Å². The fourth-order valence-electron chi connectivity index (χ4n) is 2.99. The van der Waals surface area contributed by atoms with Gasteiger partial charge in [0.25, 0.3) is 0 Å². The topological polar surface area (TPSA) is 50.4 Å². The largest absolute Gasteiger partial charge is 0.411 e. The van der Waals surface area contributed by atoms with E-state index in [1.807, 2.05) is 16.9 Å². The van der Waals surface area contributed by atoms with E-state index < -0.39 is 0 Å². The van der Waals surface area contributed by atoms with E-state index in [0.29, 0.717) is 11.8 Å². The first-order valence-electron chi connectivity index (χ1n) is 5.11. The van der Waals surface area contributed by atoms with Crippen LogP contribution < -0.4 is 0 Å². The van der Waals surface area contributed by atoms with Crippen molar-refractivity contribution >= 4 is 5.71 Å². The highest BCUT2D eigenvalue weighted by molar-refractivity contribution is 5.93. The van der Waals surface area contributed by atoms with Crippen molar-refractivity contribution in [2.24, 2.45) is 17.0 Å². The SMILES string of the molecule is ON=C1C2CCC(C2)C1n1cccn1. The minimum atomic E-state index is 0.216. The summed E-state index contributed by atoms with van der Waals surface area (Å²) in [6, 6.07) is 2.13. The second kappa shape index (κ2) is 2.83. The summed E-state index contributed by atoms with van der Waals surface area (Å²) in [6.07, 6.45) is 7.33. The van der Waals surface area contributed by atoms with Gasteiger partial charge in [-0.2, -0.15) is 5.10 Å². The number of nitrogens with zero attached hydrogens (tertiary/aromatic N) is 3. The maximum atomic E-state index is 9.00. The average Bonchev–Trinajstić information content (AvgIpc) is 2.92. The van der Waals surface area contributed by atoms with Crippen LogP contribution in [0.25, 0.3) is 0 Å².